The third-order valence-corrected chi connectivity index (χ3v) is 2.44. The SMILES string of the molecule is Oc1cc(Br)cc2cnc(Br)nc12. The summed E-state index contributed by atoms with van der Waals surface area (Å²) in [6.07, 6.45) is 1.65. The summed E-state index contributed by atoms with van der Waals surface area (Å²) in [6, 6.07) is 3.45. The van der Waals surface area contributed by atoms with Crippen molar-refractivity contribution in [2.45, 2.75) is 0 Å². The molecule has 1 aromatic heterocycles. The van der Waals surface area contributed by atoms with E-state index in [2.05, 4.69) is 41.8 Å². The van der Waals surface area contributed by atoms with Gasteiger partial charge in [0.05, 0.1) is 0 Å². The monoisotopic (exact) mass is 302 g/mol. The van der Waals surface area contributed by atoms with Gasteiger partial charge in [-0.1, -0.05) is 15.9 Å². The Morgan fingerprint density at radius 2 is 2.00 bits per heavy atom. The van der Waals surface area contributed by atoms with Gasteiger partial charge < -0.3 is 5.11 Å². The average molecular weight is 304 g/mol. The zero-order valence-corrected chi connectivity index (χ0v) is 9.50. The van der Waals surface area contributed by atoms with Gasteiger partial charge in [0.1, 0.15) is 11.3 Å². The molecule has 0 aliphatic heterocycles. The molecule has 1 heterocycles. The molecule has 0 aliphatic carbocycles. The third-order valence-electron chi connectivity index (χ3n) is 1.60. The molecule has 2 rings (SSSR count). The summed E-state index contributed by atoms with van der Waals surface area (Å²) in [5.41, 5.74) is 0.546. The molecule has 0 fully saturated rings. The number of fused-ring (bicyclic) bond motifs is 1. The van der Waals surface area contributed by atoms with Crippen molar-refractivity contribution < 1.29 is 5.11 Å². The second kappa shape index (κ2) is 3.23. The van der Waals surface area contributed by atoms with Gasteiger partial charge in [-0.2, -0.15) is 0 Å². The number of aromatic hydroxyl groups is 1. The Morgan fingerprint density at radius 3 is 2.77 bits per heavy atom. The lowest BCUT2D eigenvalue weighted by Crippen LogP contribution is -1.84. The zero-order valence-electron chi connectivity index (χ0n) is 6.33. The van der Waals surface area contributed by atoms with Gasteiger partial charge in [-0.25, -0.2) is 9.97 Å². The highest BCUT2D eigenvalue weighted by Gasteiger charge is 2.03. The van der Waals surface area contributed by atoms with Gasteiger partial charge in [-0.3, -0.25) is 0 Å². The fourth-order valence-electron chi connectivity index (χ4n) is 1.07. The quantitative estimate of drug-likeness (QED) is 0.761. The molecule has 2 aromatic rings. The summed E-state index contributed by atoms with van der Waals surface area (Å²) in [6.45, 7) is 0. The fourth-order valence-corrected chi connectivity index (χ4v) is 1.81. The van der Waals surface area contributed by atoms with Crippen molar-refractivity contribution in [2.75, 3.05) is 0 Å². The van der Waals surface area contributed by atoms with E-state index < -0.39 is 0 Å². The number of hydrogen-bond donors (Lipinski definition) is 1. The molecule has 0 atom stereocenters. The van der Waals surface area contributed by atoms with Crippen LogP contribution in [0.15, 0.2) is 27.5 Å². The first kappa shape index (κ1) is 8.90. The Balaban J connectivity index is 2.87. The van der Waals surface area contributed by atoms with Crippen molar-refractivity contribution in [3.05, 3.63) is 27.5 Å². The van der Waals surface area contributed by atoms with Crippen LogP contribution in [0.5, 0.6) is 5.75 Å². The number of aromatic nitrogens is 2. The molecule has 0 bridgehead atoms. The molecular formula is C8H4Br2N2O. The number of halogens is 2. The van der Waals surface area contributed by atoms with E-state index in [-0.39, 0.29) is 5.75 Å². The van der Waals surface area contributed by atoms with Crippen molar-refractivity contribution in [3.63, 3.8) is 0 Å². The number of benzene rings is 1. The predicted molar refractivity (Wildman–Crippen MR) is 56.6 cm³/mol. The highest BCUT2D eigenvalue weighted by Crippen LogP contribution is 2.27. The van der Waals surface area contributed by atoms with Crippen molar-refractivity contribution in [2.24, 2.45) is 0 Å². The number of hydrogen-bond acceptors (Lipinski definition) is 3. The van der Waals surface area contributed by atoms with Gasteiger partial charge in [-0.05, 0) is 28.1 Å². The first-order valence-corrected chi connectivity index (χ1v) is 5.06. The van der Waals surface area contributed by atoms with Gasteiger partial charge >= 0.3 is 0 Å². The van der Waals surface area contributed by atoms with Crippen LogP contribution in [-0.4, -0.2) is 15.1 Å². The molecule has 3 nitrogen and oxygen atoms in total. The highest BCUT2D eigenvalue weighted by atomic mass is 79.9. The van der Waals surface area contributed by atoms with E-state index in [1.165, 1.54) is 0 Å². The van der Waals surface area contributed by atoms with Crippen LogP contribution >= 0.6 is 31.9 Å². The van der Waals surface area contributed by atoms with E-state index >= 15 is 0 Å². The van der Waals surface area contributed by atoms with Crippen LogP contribution in [0.1, 0.15) is 0 Å². The van der Waals surface area contributed by atoms with Crippen molar-refractivity contribution in [1.29, 1.82) is 0 Å². The van der Waals surface area contributed by atoms with Gasteiger partial charge in [0.15, 0.2) is 4.73 Å². The summed E-state index contributed by atoms with van der Waals surface area (Å²) < 4.78 is 1.28. The van der Waals surface area contributed by atoms with Gasteiger partial charge in [0, 0.05) is 16.1 Å². The maximum atomic E-state index is 9.54. The number of nitrogens with zero attached hydrogens (tertiary/aromatic N) is 2. The van der Waals surface area contributed by atoms with Crippen LogP contribution in [0, 0.1) is 0 Å². The molecule has 66 valence electrons. The number of rotatable bonds is 0. The standard InChI is InChI=1S/C8H4Br2N2O/c9-5-1-4-3-11-8(10)12-7(4)6(13)2-5/h1-3,13H. The first-order valence-electron chi connectivity index (χ1n) is 3.47. The smallest absolute Gasteiger partial charge is 0.197 e. The summed E-state index contributed by atoms with van der Waals surface area (Å²) in [5.74, 6) is 0.146. The van der Waals surface area contributed by atoms with E-state index in [9.17, 15) is 5.11 Å². The Bertz CT molecular complexity index is 473. The fraction of sp³-hybridized carbons (Fsp3) is 0. The van der Waals surface area contributed by atoms with Crippen LogP contribution in [0.2, 0.25) is 0 Å². The Labute approximate surface area is 91.1 Å². The third kappa shape index (κ3) is 1.66. The first-order chi connectivity index (χ1) is 6.16. The minimum absolute atomic E-state index is 0.146. The van der Waals surface area contributed by atoms with Crippen molar-refractivity contribution >= 4 is 42.8 Å². The number of phenols is 1. The van der Waals surface area contributed by atoms with E-state index in [1.807, 2.05) is 6.07 Å². The summed E-state index contributed by atoms with van der Waals surface area (Å²) in [4.78, 5) is 8.01. The summed E-state index contributed by atoms with van der Waals surface area (Å²) in [5, 5.41) is 10.3. The molecule has 5 heteroatoms. The normalized spacial score (nSPS) is 10.6. The summed E-state index contributed by atoms with van der Waals surface area (Å²) in [7, 11) is 0. The van der Waals surface area contributed by atoms with E-state index in [1.54, 1.807) is 12.3 Å². The van der Waals surface area contributed by atoms with Crippen LogP contribution in [0.25, 0.3) is 10.9 Å². The minimum atomic E-state index is 0.146. The summed E-state index contributed by atoms with van der Waals surface area (Å²) >= 11 is 6.41. The molecule has 0 unspecified atom stereocenters. The maximum absolute atomic E-state index is 9.54. The predicted octanol–water partition coefficient (Wildman–Crippen LogP) is 2.86. The molecule has 0 spiro atoms. The minimum Gasteiger partial charge on any atom is -0.506 e. The largest absolute Gasteiger partial charge is 0.506 e. The second-order valence-electron chi connectivity index (χ2n) is 2.50. The molecule has 0 saturated carbocycles. The molecule has 0 aliphatic rings. The van der Waals surface area contributed by atoms with Gasteiger partial charge in [0.2, 0.25) is 0 Å². The molecular weight excluding hydrogens is 300 g/mol. The van der Waals surface area contributed by atoms with E-state index in [0.717, 1.165) is 9.86 Å². The lowest BCUT2D eigenvalue weighted by atomic mass is 10.2. The van der Waals surface area contributed by atoms with E-state index in [0.29, 0.717) is 10.3 Å². The zero-order chi connectivity index (χ0) is 9.42. The van der Waals surface area contributed by atoms with Crippen molar-refractivity contribution in [3.8, 4) is 5.75 Å². The van der Waals surface area contributed by atoms with Crippen LogP contribution in [-0.2, 0) is 0 Å². The maximum Gasteiger partial charge on any atom is 0.197 e. The Kier molecular flexibility index (Phi) is 2.21. The Morgan fingerprint density at radius 1 is 1.23 bits per heavy atom. The average Bonchev–Trinajstić information content (AvgIpc) is 2.06. The van der Waals surface area contributed by atoms with Crippen LogP contribution < -0.4 is 0 Å². The van der Waals surface area contributed by atoms with Crippen LogP contribution in [0.4, 0.5) is 0 Å². The van der Waals surface area contributed by atoms with Gasteiger partial charge in [-0.15, -0.1) is 0 Å². The van der Waals surface area contributed by atoms with E-state index in [4.69, 9.17) is 0 Å². The van der Waals surface area contributed by atoms with Crippen LogP contribution in [0.3, 0.4) is 0 Å². The molecule has 0 radical (unpaired) electrons. The molecule has 0 saturated heterocycles. The lowest BCUT2D eigenvalue weighted by molar-refractivity contribution is 0.480. The topological polar surface area (TPSA) is 46.0 Å². The molecule has 0 amide bonds. The molecule has 1 N–H and O–H groups in total. The lowest BCUT2D eigenvalue weighted by Gasteiger charge is -2.00. The number of phenolic OH excluding ortho intramolecular Hbond substituents is 1. The Hall–Kier alpha value is -0.680. The highest BCUT2D eigenvalue weighted by molar-refractivity contribution is 9.10. The van der Waals surface area contributed by atoms with Gasteiger partial charge in [0.25, 0.3) is 0 Å². The van der Waals surface area contributed by atoms with Crippen molar-refractivity contribution in [1.82, 2.24) is 9.97 Å². The second-order valence-corrected chi connectivity index (χ2v) is 4.13. The molecule has 13 heavy (non-hydrogen) atoms. The molecule has 1 aromatic carbocycles.